The highest BCUT2D eigenvalue weighted by Gasteiger charge is 2.05. The minimum atomic E-state index is 0.671. The summed E-state index contributed by atoms with van der Waals surface area (Å²) < 4.78 is 5.13. The van der Waals surface area contributed by atoms with E-state index in [0.717, 1.165) is 18.6 Å². The summed E-state index contributed by atoms with van der Waals surface area (Å²) in [4.78, 5) is 0. The summed E-state index contributed by atoms with van der Waals surface area (Å²) in [7, 11) is 1.63. The van der Waals surface area contributed by atoms with Gasteiger partial charge in [0, 0.05) is 0 Å². The Labute approximate surface area is 90.0 Å². The molecule has 0 aliphatic carbocycles. The second-order valence-electron chi connectivity index (χ2n) is 3.31. The van der Waals surface area contributed by atoms with Crippen molar-refractivity contribution in [1.29, 1.82) is 0 Å². The second kappa shape index (κ2) is 5.23. The molecular weight excluding hydrogens is 198 g/mol. The first kappa shape index (κ1) is 11.3. The van der Waals surface area contributed by atoms with E-state index in [-0.39, 0.29) is 0 Å². The van der Waals surface area contributed by atoms with Crippen molar-refractivity contribution in [1.82, 2.24) is 0 Å². The van der Waals surface area contributed by atoms with Crippen LogP contribution in [-0.4, -0.2) is 13.7 Å². The van der Waals surface area contributed by atoms with Gasteiger partial charge in [0.25, 0.3) is 0 Å². The molecule has 1 rings (SSSR count). The number of hydrogen-bond acceptors (Lipinski definition) is 2. The minimum Gasteiger partial charge on any atom is -0.495 e. The lowest BCUT2D eigenvalue weighted by molar-refractivity contribution is 0.414. The monoisotopic (exact) mass is 213 g/mol. The van der Waals surface area contributed by atoms with E-state index >= 15 is 0 Å². The van der Waals surface area contributed by atoms with E-state index in [1.807, 2.05) is 12.1 Å². The van der Waals surface area contributed by atoms with Gasteiger partial charge in [0.15, 0.2) is 0 Å². The third kappa shape index (κ3) is 2.63. The molecule has 0 saturated heterocycles. The molecule has 0 bridgehead atoms. The lowest BCUT2D eigenvalue weighted by Crippen LogP contribution is -2.01. The number of aryl methyl sites for hydroxylation is 2. The van der Waals surface area contributed by atoms with Gasteiger partial charge in [-0.05, 0) is 49.6 Å². The van der Waals surface area contributed by atoms with Crippen LogP contribution in [0.4, 0.5) is 0 Å². The lowest BCUT2D eigenvalue weighted by Gasteiger charge is -2.09. The van der Waals surface area contributed by atoms with E-state index < -0.39 is 0 Å². The van der Waals surface area contributed by atoms with Crippen molar-refractivity contribution >= 4 is 11.6 Å². The van der Waals surface area contributed by atoms with Crippen LogP contribution >= 0.6 is 11.6 Å². The standard InChI is InChI=1S/C11H16ClNO/c1-8-6-11(14-2)10(12)7-9(8)4-3-5-13/h6-7H,3-5,13H2,1-2H3. The Morgan fingerprint density at radius 2 is 2.14 bits per heavy atom. The molecule has 0 atom stereocenters. The van der Waals surface area contributed by atoms with Crippen molar-refractivity contribution in [2.45, 2.75) is 19.8 Å². The van der Waals surface area contributed by atoms with Gasteiger partial charge in [-0.2, -0.15) is 0 Å². The Kier molecular flexibility index (Phi) is 4.23. The van der Waals surface area contributed by atoms with Gasteiger partial charge in [-0.3, -0.25) is 0 Å². The number of nitrogens with two attached hydrogens (primary N) is 1. The van der Waals surface area contributed by atoms with Gasteiger partial charge in [-0.25, -0.2) is 0 Å². The molecule has 1 aromatic carbocycles. The molecular formula is C11H16ClNO. The summed E-state index contributed by atoms with van der Waals surface area (Å²) in [6, 6.07) is 3.93. The van der Waals surface area contributed by atoms with Crippen LogP contribution in [-0.2, 0) is 6.42 Å². The molecule has 0 radical (unpaired) electrons. The molecule has 0 saturated carbocycles. The molecule has 14 heavy (non-hydrogen) atoms. The summed E-state index contributed by atoms with van der Waals surface area (Å²) in [5.74, 6) is 0.737. The molecule has 3 heteroatoms. The van der Waals surface area contributed by atoms with E-state index in [2.05, 4.69) is 6.92 Å². The Hall–Kier alpha value is -0.730. The van der Waals surface area contributed by atoms with Crippen molar-refractivity contribution in [3.05, 3.63) is 28.3 Å². The van der Waals surface area contributed by atoms with Crippen LogP contribution in [0.25, 0.3) is 0 Å². The van der Waals surface area contributed by atoms with Crippen LogP contribution < -0.4 is 10.5 Å². The van der Waals surface area contributed by atoms with Gasteiger partial charge in [0.1, 0.15) is 5.75 Å². The number of methoxy groups -OCH3 is 1. The average molecular weight is 214 g/mol. The summed E-state index contributed by atoms with van der Waals surface area (Å²) >= 11 is 6.02. The predicted octanol–water partition coefficient (Wildman–Crippen LogP) is 2.55. The molecule has 1 aromatic rings. The molecule has 0 unspecified atom stereocenters. The fraction of sp³-hybridized carbons (Fsp3) is 0.455. The number of halogens is 1. The van der Waals surface area contributed by atoms with Gasteiger partial charge in [0.2, 0.25) is 0 Å². The summed E-state index contributed by atoms with van der Waals surface area (Å²) in [6.07, 6.45) is 1.97. The maximum atomic E-state index is 6.02. The van der Waals surface area contributed by atoms with E-state index in [9.17, 15) is 0 Å². The van der Waals surface area contributed by atoms with Crippen LogP contribution in [0.3, 0.4) is 0 Å². The molecule has 78 valence electrons. The van der Waals surface area contributed by atoms with Crippen molar-refractivity contribution in [2.24, 2.45) is 5.73 Å². The van der Waals surface area contributed by atoms with Crippen molar-refractivity contribution in [3.8, 4) is 5.75 Å². The number of hydrogen-bond donors (Lipinski definition) is 1. The summed E-state index contributed by atoms with van der Waals surface area (Å²) in [5.41, 5.74) is 7.92. The molecule has 0 aromatic heterocycles. The van der Waals surface area contributed by atoms with Gasteiger partial charge in [0.05, 0.1) is 12.1 Å². The van der Waals surface area contributed by atoms with Crippen LogP contribution in [0.2, 0.25) is 5.02 Å². The quantitative estimate of drug-likeness (QED) is 0.835. The maximum absolute atomic E-state index is 6.02. The SMILES string of the molecule is COc1cc(C)c(CCCN)cc1Cl. The number of ether oxygens (including phenoxy) is 1. The molecule has 2 nitrogen and oxygen atoms in total. The zero-order valence-corrected chi connectivity index (χ0v) is 9.40. The van der Waals surface area contributed by atoms with E-state index in [1.54, 1.807) is 7.11 Å². The topological polar surface area (TPSA) is 35.2 Å². The summed E-state index contributed by atoms with van der Waals surface area (Å²) in [6.45, 7) is 2.77. The molecule has 0 heterocycles. The first-order valence-electron chi connectivity index (χ1n) is 4.72. The Bertz CT molecular complexity index is 312. The average Bonchev–Trinajstić information content (AvgIpc) is 2.18. The molecule has 0 spiro atoms. The van der Waals surface area contributed by atoms with Gasteiger partial charge < -0.3 is 10.5 Å². The summed E-state index contributed by atoms with van der Waals surface area (Å²) in [5, 5.41) is 0.671. The van der Waals surface area contributed by atoms with Crippen LogP contribution in [0.1, 0.15) is 17.5 Å². The van der Waals surface area contributed by atoms with Crippen molar-refractivity contribution < 1.29 is 4.74 Å². The lowest BCUT2D eigenvalue weighted by atomic mass is 10.0. The Morgan fingerprint density at radius 3 is 2.71 bits per heavy atom. The number of rotatable bonds is 4. The normalized spacial score (nSPS) is 10.3. The van der Waals surface area contributed by atoms with E-state index in [0.29, 0.717) is 11.6 Å². The first-order chi connectivity index (χ1) is 6.69. The van der Waals surface area contributed by atoms with E-state index in [1.165, 1.54) is 11.1 Å². The van der Waals surface area contributed by atoms with Crippen molar-refractivity contribution in [3.63, 3.8) is 0 Å². The molecule has 0 aliphatic heterocycles. The van der Waals surface area contributed by atoms with Gasteiger partial charge in [-0.15, -0.1) is 0 Å². The second-order valence-corrected chi connectivity index (χ2v) is 3.71. The number of benzene rings is 1. The van der Waals surface area contributed by atoms with Crippen LogP contribution in [0.5, 0.6) is 5.75 Å². The molecule has 0 amide bonds. The zero-order chi connectivity index (χ0) is 10.6. The maximum Gasteiger partial charge on any atom is 0.137 e. The zero-order valence-electron chi connectivity index (χ0n) is 8.64. The highest BCUT2D eigenvalue weighted by atomic mass is 35.5. The first-order valence-corrected chi connectivity index (χ1v) is 5.10. The molecule has 0 aliphatic rings. The fourth-order valence-electron chi connectivity index (χ4n) is 1.41. The predicted molar refractivity (Wildman–Crippen MR) is 60.1 cm³/mol. The Morgan fingerprint density at radius 1 is 1.43 bits per heavy atom. The Balaban J connectivity index is 2.90. The highest BCUT2D eigenvalue weighted by molar-refractivity contribution is 6.32. The van der Waals surface area contributed by atoms with Crippen LogP contribution in [0.15, 0.2) is 12.1 Å². The van der Waals surface area contributed by atoms with Crippen molar-refractivity contribution in [2.75, 3.05) is 13.7 Å². The van der Waals surface area contributed by atoms with Gasteiger partial charge >= 0.3 is 0 Å². The smallest absolute Gasteiger partial charge is 0.137 e. The molecule has 2 N–H and O–H groups in total. The molecule has 0 fully saturated rings. The fourth-order valence-corrected chi connectivity index (χ4v) is 1.68. The van der Waals surface area contributed by atoms with E-state index in [4.69, 9.17) is 22.1 Å². The highest BCUT2D eigenvalue weighted by Crippen LogP contribution is 2.28. The third-order valence-electron chi connectivity index (χ3n) is 2.26. The largest absolute Gasteiger partial charge is 0.495 e. The minimum absolute atomic E-state index is 0.671. The third-order valence-corrected chi connectivity index (χ3v) is 2.56. The van der Waals surface area contributed by atoms with Gasteiger partial charge in [-0.1, -0.05) is 11.6 Å². The van der Waals surface area contributed by atoms with Crippen LogP contribution in [0, 0.1) is 6.92 Å².